The van der Waals surface area contributed by atoms with Gasteiger partial charge in [-0.05, 0) is 92.2 Å². The monoisotopic (exact) mass is 921 g/mol. The number of hydrogen-bond acceptors (Lipinski definition) is 1. The van der Waals surface area contributed by atoms with E-state index >= 15 is 0 Å². The molecule has 0 bridgehead atoms. The summed E-state index contributed by atoms with van der Waals surface area (Å²) in [4.78, 5) is 5.41. The summed E-state index contributed by atoms with van der Waals surface area (Å²) in [6.07, 6.45) is 12.6. The van der Waals surface area contributed by atoms with Crippen LogP contribution in [0.3, 0.4) is 0 Å². The quantitative estimate of drug-likeness (QED) is 0.0830. The first-order chi connectivity index (χ1) is 27.4. The van der Waals surface area contributed by atoms with Crippen LogP contribution in [0, 0.1) is 6.07 Å². The summed E-state index contributed by atoms with van der Waals surface area (Å²) in [6.45, 7) is 9.35. The summed E-state index contributed by atoms with van der Waals surface area (Å²) in [5.41, 5.74) is 19.2. The topological polar surface area (TPSA) is 12.9 Å². The molecule has 57 heavy (non-hydrogen) atoms. The van der Waals surface area contributed by atoms with Gasteiger partial charge < -0.3 is 0 Å². The molecule has 0 unspecified atom stereocenters. The maximum Gasteiger partial charge on any atom is 0.0602 e. The first-order valence-electron chi connectivity index (χ1n) is 21.3. The van der Waals surface area contributed by atoms with E-state index < -0.39 is 0 Å². The fourth-order valence-electron chi connectivity index (χ4n) is 10.2. The Morgan fingerprint density at radius 1 is 0.491 bits per heavy atom. The maximum absolute atomic E-state index is 5.41. The van der Waals surface area contributed by atoms with Crippen LogP contribution in [0.4, 0.5) is 0 Å². The summed E-state index contributed by atoms with van der Waals surface area (Å²) < 4.78 is 0. The van der Waals surface area contributed by atoms with Gasteiger partial charge in [0.1, 0.15) is 0 Å². The van der Waals surface area contributed by atoms with Crippen LogP contribution < -0.4 is 0 Å². The molecule has 6 aromatic carbocycles. The molecule has 0 atom stereocenters. The van der Waals surface area contributed by atoms with Gasteiger partial charge in [0.25, 0.3) is 0 Å². The van der Waals surface area contributed by atoms with Crippen molar-refractivity contribution >= 4 is 10.9 Å². The van der Waals surface area contributed by atoms with Crippen molar-refractivity contribution in [2.75, 3.05) is 0 Å². The first-order valence-corrected chi connectivity index (χ1v) is 21.3. The molecule has 7 aromatic rings. The van der Waals surface area contributed by atoms with Gasteiger partial charge in [-0.25, -0.2) is 0 Å². The molecule has 2 aliphatic carbocycles. The molecule has 1 heterocycles. The van der Waals surface area contributed by atoms with E-state index in [9.17, 15) is 0 Å². The zero-order valence-electron chi connectivity index (χ0n) is 34.1. The minimum Gasteiger partial charge on any atom is -0.296 e. The summed E-state index contributed by atoms with van der Waals surface area (Å²) in [6, 6.07) is 53.9. The molecule has 1 aromatic heterocycles. The van der Waals surface area contributed by atoms with E-state index in [0.717, 1.165) is 16.8 Å². The van der Waals surface area contributed by atoms with Crippen LogP contribution in [0.1, 0.15) is 114 Å². The van der Waals surface area contributed by atoms with Crippen molar-refractivity contribution in [1.29, 1.82) is 0 Å². The number of pyridine rings is 1. The van der Waals surface area contributed by atoms with Crippen LogP contribution in [0.25, 0.3) is 66.7 Å². The number of nitrogens with zero attached hydrogens (tertiary/aromatic N) is 1. The van der Waals surface area contributed by atoms with Gasteiger partial charge in [0.05, 0.1) is 5.52 Å². The van der Waals surface area contributed by atoms with Gasteiger partial charge in [-0.1, -0.05) is 193 Å². The largest absolute Gasteiger partial charge is 0.296 e. The third kappa shape index (κ3) is 6.94. The first kappa shape index (κ1) is 39.2. The van der Waals surface area contributed by atoms with Crippen LogP contribution in [-0.2, 0) is 30.9 Å². The number of unbranched alkanes of at least 4 members (excludes halogenated alkanes) is 6. The smallest absolute Gasteiger partial charge is 0.0602 e. The number of rotatable bonds is 13. The average molecular weight is 921 g/mol. The van der Waals surface area contributed by atoms with Crippen LogP contribution in [0.15, 0.2) is 133 Å². The van der Waals surface area contributed by atoms with Gasteiger partial charge >= 0.3 is 0 Å². The van der Waals surface area contributed by atoms with E-state index in [2.05, 4.69) is 167 Å². The van der Waals surface area contributed by atoms with Crippen LogP contribution >= 0.6 is 0 Å². The Hall–Kier alpha value is -4.62. The number of aromatic nitrogens is 1. The predicted octanol–water partition coefficient (Wildman–Crippen LogP) is 15.5. The Morgan fingerprint density at radius 3 is 1.84 bits per heavy atom. The molecule has 0 fully saturated rings. The number of hydrogen-bond donors (Lipinski definition) is 0. The molecule has 0 saturated carbocycles. The summed E-state index contributed by atoms with van der Waals surface area (Å²) in [5.74, 6) is 0. The van der Waals surface area contributed by atoms with Crippen LogP contribution in [0.5, 0.6) is 0 Å². The van der Waals surface area contributed by atoms with Crippen molar-refractivity contribution in [2.24, 2.45) is 0 Å². The average Bonchev–Trinajstić information content (AvgIpc) is 3.65. The third-order valence-electron chi connectivity index (χ3n) is 13.2. The summed E-state index contributed by atoms with van der Waals surface area (Å²) >= 11 is 0. The van der Waals surface area contributed by atoms with E-state index in [4.69, 9.17) is 4.98 Å². The number of benzene rings is 6. The van der Waals surface area contributed by atoms with Crippen LogP contribution in [-0.4, -0.2) is 4.98 Å². The zero-order chi connectivity index (χ0) is 38.3. The molecule has 289 valence electrons. The second-order valence-corrected chi connectivity index (χ2v) is 17.0. The zero-order valence-corrected chi connectivity index (χ0v) is 36.4. The molecule has 1 nitrogen and oxygen atoms in total. The Labute approximate surface area is 354 Å². The molecular formula is C55H54IrN-. The van der Waals surface area contributed by atoms with E-state index in [1.165, 1.54) is 131 Å². The maximum atomic E-state index is 5.41. The molecular weight excluding hydrogens is 867 g/mol. The van der Waals surface area contributed by atoms with Crippen molar-refractivity contribution < 1.29 is 20.1 Å². The Balaban J connectivity index is 0.00000455. The standard InChI is InChI=1S/C55H54N.Ir/c1-5-7-9-18-32-55(33-19-10-8-6-2)49-25-17-15-23-43(49)45-29-26-40(35-51(45)55)46-37-53(56-52-31-28-39(34-47(46)52)38-20-12-11-13-21-38)41-27-30-44-42-22-14-16-24-48(42)54(3,4)50(44)36-41;/h11-17,20-26,28-31,34-37H,5-10,18-19,32-33H2,1-4H3;/q-1;. The summed E-state index contributed by atoms with van der Waals surface area (Å²) in [5, 5.41) is 1.19. The van der Waals surface area contributed by atoms with Crippen molar-refractivity contribution in [1.82, 2.24) is 4.98 Å². The Kier molecular flexibility index (Phi) is 11.2. The second kappa shape index (κ2) is 16.3. The molecule has 9 rings (SSSR count). The molecule has 0 saturated heterocycles. The van der Waals surface area contributed by atoms with Gasteiger partial charge in [0.2, 0.25) is 0 Å². The van der Waals surface area contributed by atoms with E-state index in [1.807, 2.05) is 0 Å². The van der Waals surface area contributed by atoms with Crippen molar-refractivity contribution in [3.8, 4) is 55.8 Å². The van der Waals surface area contributed by atoms with E-state index in [-0.39, 0.29) is 30.9 Å². The van der Waals surface area contributed by atoms with Gasteiger partial charge in [-0.3, -0.25) is 4.98 Å². The second-order valence-electron chi connectivity index (χ2n) is 17.0. The van der Waals surface area contributed by atoms with Crippen LogP contribution in [0.2, 0.25) is 0 Å². The molecule has 2 aliphatic rings. The molecule has 0 spiro atoms. The molecule has 0 amide bonds. The predicted molar refractivity (Wildman–Crippen MR) is 238 cm³/mol. The SMILES string of the molecule is CCCCCCC1(CCCCCC)c2ccccc2-c2ccc(-c3cc(-c4[c-]cc5c(c4)C(C)(C)c4ccccc4-5)nc4ccc(-c5ccccc5)cc34)cc21.[Ir]. The van der Waals surface area contributed by atoms with Gasteiger partial charge in [0.15, 0.2) is 0 Å². The minimum absolute atomic E-state index is 0. The van der Waals surface area contributed by atoms with Gasteiger partial charge in [-0.15, -0.1) is 29.3 Å². The molecule has 1 radical (unpaired) electrons. The fourth-order valence-corrected chi connectivity index (χ4v) is 10.2. The third-order valence-corrected chi connectivity index (χ3v) is 13.2. The van der Waals surface area contributed by atoms with Gasteiger partial charge in [0, 0.05) is 30.9 Å². The minimum atomic E-state index is -0.0907. The van der Waals surface area contributed by atoms with Crippen molar-refractivity contribution in [2.45, 2.75) is 103 Å². The molecule has 0 aliphatic heterocycles. The normalized spacial score (nSPS) is 14.1. The Morgan fingerprint density at radius 2 is 1.12 bits per heavy atom. The van der Waals surface area contributed by atoms with Crippen molar-refractivity contribution in [3.63, 3.8) is 0 Å². The van der Waals surface area contributed by atoms with E-state index in [0.29, 0.717) is 0 Å². The van der Waals surface area contributed by atoms with Gasteiger partial charge in [-0.2, -0.15) is 0 Å². The van der Waals surface area contributed by atoms with Crippen molar-refractivity contribution in [3.05, 3.63) is 162 Å². The number of fused-ring (bicyclic) bond motifs is 7. The molecule has 2 heteroatoms. The molecule has 0 N–H and O–H groups in total. The summed E-state index contributed by atoms with van der Waals surface area (Å²) in [7, 11) is 0. The Bertz CT molecular complexity index is 2530. The van der Waals surface area contributed by atoms with E-state index in [1.54, 1.807) is 5.56 Å². The fraction of sp³-hybridized carbons (Fsp3) is 0.291.